The van der Waals surface area contributed by atoms with Crippen LogP contribution in [0.5, 0.6) is 5.75 Å². The summed E-state index contributed by atoms with van der Waals surface area (Å²) in [6, 6.07) is 12.6. The van der Waals surface area contributed by atoms with Gasteiger partial charge in [-0.15, -0.1) is 0 Å². The third-order valence-electron chi connectivity index (χ3n) is 4.31. The third kappa shape index (κ3) is 8.86. The number of amides is 2. The van der Waals surface area contributed by atoms with Gasteiger partial charge in [0.15, 0.2) is 6.61 Å². The minimum absolute atomic E-state index is 0.109. The molecule has 0 bridgehead atoms. The molecular formula is C24H26N2O7. The van der Waals surface area contributed by atoms with Gasteiger partial charge < -0.3 is 25.2 Å². The summed E-state index contributed by atoms with van der Waals surface area (Å²) in [7, 11) is 0. The summed E-state index contributed by atoms with van der Waals surface area (Å²) >= 11 is 0. The largest absolute Gasteiger partial charge is 0.494 e. The van der Waals surface area contributed by atoms with Crippen LogP contribution in [0, 0.1) is 0 Å². The lowest BCUT2D eigenvalue weighted by Crippen LogP contribution is -2.21. The Hall–Kier alpha value is -4.14. The Morgan fingerprint density at radius 2 is 1.55 bits per heavy atom. The van der Waals surface area contributed by atoms with Crippen molar-refractivity contribution < 1.29 is 33.8 Å². The number of ether oxygens (including phenoxy) is 2. The van der Waals surface area contributed by atoms with Gasteiger partial charge >= 0.3 is 11.9 Å². The number of unbranched alkanes of at least 4 members (excludes halogenated alkanes) is 1. The lowest BCUT2D eigenvalue weighted by molar-refractivity contribution is -0.132. The van der Waals surface area contributed by atoms with Crippen molar-refractivity contribution in [3.63, 3.8) is 0 Å². The lowest BCUT2D eigenvalue weighted by atomic mass is 10.2. The summed E-state index contributed by atoms with van der Waals surface area (Å²) in [6.45, 7) is 3.54. The Morgan fingerprint density at radius 1 is 0.939 bits per heavy atom. The van der Waals surface area contributed by atoms with Gasteiger partial charge in [-0.25, -0.2) is 9.59 Å². The standard InChI is InChI=1S/C24H26N2O7/c1-3-4-13-32-20-11-9-19(10-12-20)26-22(28)15-33-24(31)17-5-7-18(8-6-17)25-21(27)14-16(2)23(29)30/h5-12,14H,3-4,13,15H2,1-2H3,(H,25,27)(H,26,28)(H,29,30)/b16-14-. The number of nitrogens with one attached hydrogen (secondary N) is 2. The highest BCUT2D eigenvalue weighted by Gasteiger charge is 2.11. The summed E-state index contributed by atoms with van der Waals surface area (Å²) in [5.74, 6) is -2.29. The second kappa shape index (κ2) is 12.7. The SMILES string of the molecule is CCCCOc1ccc(NC(=O)COC(=O)c2ccc(NC(=O)/C=C(/C)C(=O)O)cc2)cc1. The first-order valence-electron chi connectivity index (χ1n) is 10.3. The number of aliphatic carboxylic acids is 1. The van der Waals surface area contributed by atoms with E-state index in [2.05, 4.69) is 17.6 Å². The molecule has 9 nitrogen and oxygen atoms in total. The molecule has 2 aromatic rings. The van der Waals surface area contributed by atoms with Crippen LogP contribution in [0.4, 0.5) is 11.4 Å². The Morgan fingerprint density at radius 3 is 2.15 bits per heavy atom. The highest BCUT2D eigenvalue weighted by Crippen LogP contribution is 2.16. The van der Waals surface area contributed by atoms with E-state index in [4.69, 9.17) is 14.6 Å². The van der Waals surface area contributed by atoms with Gasteiger partial charge in [0.1, 0.15) is 5.75 Å². The summed E-state index contributed by atoms with van der Waals surface area (Å²) in [6.07, 6.45) is 2.96. The molecule has 174 valence electrons. The predicted molar refractivity (Wildman–Crippen MR) is 122 cm³/mol. The van der Waals surface area contributed by atoms with Gasteiger partial charge in [0, 0.05) is 23.0 Å². The van der Waals surface area contributed by atoms with Crippen LogP contribution in [0.3, 0.4) is 0 Å². The molecule has 0 radical (unpaired) electrons. The topological polar surface area (TPSA) is 131 Å². The number of hydrogen-bond donors (Lipinski definition) is 3. The van der Waals surface area contributed by atoms with E-state index in [1.54, 1.807) is 24.3 Å². The van der Waals surface area contributed by atoms with E-state index < -0.39 is 30.4 Å². The van der Waals surface area contributed by atoms with Crippen LogP contribution < -0.4 is 15.4 Å². The molecule has 0 aliphatic rings. The average molecular weight is 454 g/mol. The zero-order chi connectivity index (χ0) is 24.2. The van der Waals surface area contributed by atoms with Crippen molar-refractivity contribution in [1.29, 1.82) is 0 Å². The van der Waals surface area contributed by atoms with Gasteiger partial charge in [-0.3, -0.25) is 9.59 Å². The maximum Gasteiger partial charge on any atom is 0.338 e. The molecule has 2 rings (SSSR count). The number of rotatable bonds is 11. The maximum atomic E-state index is 12.1. The van der Waals surface area contributed by atoms with Crippen molar-refractivity contribution in [3.05, 3.63) is 65.7 Å². The van der Waals surface area contributed by atoms with Crippen molar-refractivity contribution in [2.45, 2.75) is 26.7 Å². The van der Waals surface area contributed by atoms with Crippen LogP contribution in [0.25, 0.3) is 0 Å². The number of carboxylic acids is 1. The van der Waals surface area contributed by atoms with Crippen molar-refractivity contribution in [1.82, 2.24) is 0 Å². The normalized spacial score (nSPS) is 10.8. The van der Waals surface area contributed by atoms with E-state index in [0.717, 1.165) is 18.9 Å². The van der Waals surface area contributed by atoms with E-state index in [-0.39, 0.29) is 11.1 Å². The molecule has 0 atom stereocenters. The predicted octanol–water partition coefficient (Wildman–Crippen LogP) is 3.63. The molecule has 0 aliphatic carbocycles. The number of esters is 1. The van der Waals surface area contributed by atoms with Crippen molar-refractivity contribution in [2.75, 3.05) is 23.8 Å². The fourth-order valence-electron chi connectivity index (χ4n) is 2.51. The lowest BCUT2D eigenvalue weighted by Gasteiger charge is -2.09. The van der Waals surface area contributed by atoms with E-state index in [9.17, 15) is 19.2 Å². The molecule has 33 heavy (non-hydrogen) atoms. The Bertz CT molecular complexity index is 1010. The minimum atomic E-state index is -1.19. The quantitative estimate of drug-likeness (QED) is 0.268. The minimum Gasteiger partial charge on any atom is -0.494 e. The molecule has 0 unspecified atom stereocenters. The van der Waals surface area contributed by atoms with Gasteiger partial charge in [0.2, 0.25) is 5.91 Å². The summed E-state index contributed by atoms with van der Waals surface area (Å²) in [4.78, 5) is 46.7. The number of carbonyl (C=O) groups is 4. The summed E-state index contributed by atoms with van der Waals surface area (Å²) in [5.41, 5.74) is 0.992. The Labute approximate surface area is 191 Å². The first-order valence-corrected chi connectivity index (χ1v) is 10.3. The van der Waals surface area contributed by atoms with E-state index in [1.807, 2.05) is 0 Å². The maximum absolute atomic E-state index is 12.1. The second-order valence-corrected chi connectivity index (χ2v) is 7.05. The Kier molecular flexibility index (Phi) is 9.63. The van der Waals surface area contributed by atoms with Crippen LogP contribution in [-0.2, 0) is 19.1 Å². The molecule has 0 heterocycles. The van der Waals surface area contributed by atoms with Crippen molar-refractivity contribution >= 4 is 35.1 Å². The molecule has 0 spiro atoms. The number of anilines is 2. The molecule has 0 saturated heterocycles. The van der Waals surface area contributed by atoms with Crippen LogP contribution in [0.15, 0.2) is 60.2 Å². The highest BCUT2D eigenvalue weighted by atomic mass is 16.5. The molecule has 0 fully saturated rings. The van der Waals surface area contributed by atoms with Gasteiger partial charge in [-0.1, -0.05) is 13.3 Å². The van der Waals surface area contributed by atoms with Crippen molar-refractivity contribution in [3.8, 4) is 5.75 Å². The molecule has 9 heteroatoms. The molecule has 0 saturated carbocycles. The van der Waals surface area contributed by atoms with Crippen LogP contribution in [0.1, 0.15) is 37.0 Å². The third-order valence-corrected chi connectivity index (χ3v) is 4.31. The molecule has 0 aliphatic heterocycles. The van der Waals surface area contributed by atoms with E-state index in [0.29, 0.717) is 23.7 Å². The Balaban J connectivity index is 1.80. The van der Waals surface area contributed by atoms with E-state index >= 15 is 0 Å². The fourth-order valence-corrected chi connectivity index (χ4v) is 2.51. The van der Waals surface area contributed by atoms with Crippen molar-refractivity contribution in [2.24, 2.45) is 0 Å². The van der Waals surface area contributed by atoms with Gasteiger partial charge in [0.05, 0.1) is 12.2 Å². The first kappa shape index (κ1) is 25.1. The first-order chi connectivity index (χ1) is 15.8. The zero-order valence-electron chi connectivity index (χ0n) is 18.4. The van der Waals surface area contributed by atoms with Gasteiger partial charge in [0.25, 0.3) is 5.91 Å². The summed E-state index contributed by atoms with van der Waals surface area (Å²) in [5, 5.41) is 13.9. The second-order valence-electron chi connectivity index (χ2n) is 7.05. The molecule has 0 aromatic heterocycles. The molecular weight excluding hydrogens is 428 g/mol. The monoisotopic (exact) mass is 454 g/mol. The van der Waals surface area contributed by atoms with Crippen LogP contribution in [0.2, 0.25) is 0 Å². The van der Waals surface area contributed by atoms with Crippen LogP contribution >= 0.6 is 0 Å². The zero-order valence-corrected chi connectivity index (χ0v) is 18.4. The number of hydrogen-bond acceptors (Lipinski definition) is 6. The highest BCUT2D eigenvalue weighted by molar-refractivity contribution is 6.04. The molecule has 3 N–H and O–H groups in total. The molecule has 2 aromatic carbocycles. The number of carbonyl (C=O) groups excluding carboxylic acids is 3. The van der Waals surface area contributed by atoms with Crippen LogP contribution in [-0.4, -0.2) is 42.1 Å². The smallest absolute Gasteiger partial charge is 0.338 e. The fraction of sp³-hybridized carbons (Fsp3) is 0.250. The van der Waals surface area contributed by atoms with Gasteiger partial charge in [-0.05, 0) is 61.9 Å². The average Bonchev–Trinajstić information content (AvgIpc) is 2.79. The number of carboxylic acid groups (broad SMARTS) is 1. The van der Waals surface area contributed by atoms with Gasteiger partial charge in [-0.2, -0.15) is 0 Å². The van der Waals surface area contributed by atoms with E-state index in [1.165, 1.54) is 31.2 Å². The summed E-state index contributed by atoms with van der Waals surface area (Å²) < 4.78 is 10.6. The molecule has 2 amide bonds. The number of benzene rings is 2.